The van der Waals surface area contributed by atoms with Gasteiger partial charge in [0.2, 0.25) is 5.91 Å². The molecule has 0 aliphatic heterocycles. The Kier molecular flexibility index (Phi) is 5.26. The lowest BCUT2D eigenvalue weighted by Gasteiger charge is -2.18. The van der Waals surface area contributed by atoms with Crippen molar-refractivity contribution >= 4 is 5.91 Å². The molecule has 3 heteroatoms. The summed E-state index contributed by atoms with van der Waals surface area (Å²) >= 11 is 0. The van der Waals surface area contributed by atoms with Crippen LogP contribution in [0.15, 0.2) is 0 Å². The number of carbonyl (C=O) groups excluding carboxylic acids is 1. The van der Waals surface area contributed by atoms with Crippen LogP contribution in [0.4, 0.5) is 0 Å². The molecule has 3 unspecified atom stereocenters. The zero-order valence-electron chi connectivity index (χ0n) is 10.8. The van der Waals surface area contributed by atoms with Crippen molar-refractivity contribution in [1.82, 2.24) is 5.32 Å². The standard InChI is InChI=1S/C13H26N2O/c1-9(2)7-12(14)13(16)15-8-11-6-4-5-10(11)3/h9-12H,4-8,14H2,1-3H3,(H,15,16). The minimum Gasteiger partial charge on any atom is -0.354 e. The second-order valence-electron chi connectivity index (χ2n) is 5.65. The fourth-order valence-corrected chi connectivity index (χ4v) is 2.50. The lowest BCUT2D eigenvalue weighted by atomic mass is 9.98. The third-order valence-corrected chi connectivity index (χ3v) is 3.64. The van der Waals surface area contributed by atoms with Crippen molar-refractivity contribution in [3.63, 3.8) is 0 Å². The van der Waals surface area contributed by atoms with Gasteiger partial charge in [-0.3, -0.25) is 4.79 Å². The monoisotopic (exact) mass is 226 g/mol. The van der Waals surface area contributed by atoms with Crippen LogP contribution in [0.2, 0.25) is 0 Å². The highest BCUT2D eigenvalue weighted by molar-refractivity contribution is 5.81. The van der Waals surface area contributed by atoms with Crippen molar-refractivity contribution in [1.29, 1.82) is 0 Å². The van der Waals surface area contributed by atoms with E-state index in [1.165, 1.54) is 19.3 Å². The van der Waals surface area contributed by atoms with Gasteiger partial charge in [0.1, 0.15) is 0 Å². The van der Waals surface area contributed by atoms with Crippen LogP contribution in [0, 0.1) is 17.8 Å². The second kappa shape index (κ2) is 6.24. The molecule has 16 heavy (non-hydrogen) atoms. The van der Waals surface area contributed by atoms with Crippen molar-refractivity contribution in [2.24, 2.45) is 23.5 Å². The first-order chi connectivity index (χ1) is 7.50. The van der Waals surface area contributed by atoms with Gasteiger partial charge in [-0.15, -0.1) is 0 Å². The Balaban J connectivity index is 2.23. The molecule has 1 amide bonds. The molecule has 0 aromatic carbocycles. The molecule has 0 heterocycles. The first-order valence-corrected chi connectivity index (χ1v) is 6.54. The van der Waals surface area contributed by atoms with Gasteiger partial charge in [0.15, 0.2) is 0 Å². The number of nitrogens with two attached hydrogens (primary N) is 1. The molecule has 0 radical (unpaired) electrons. The summed E-state index contributed by atoms with van der Waals surface area (Å²) in [6.07, 6.45) is 4.63. The topological polar surface area (TPSA) is 55.1 Å². The van der Waals surface area contributed by atoms with Crippen molar-refractivity contribution in [2.75, 3.05) is 6.54 Å². The van der Waals surface area contributed by atoms with E-state index in [2.05, 4.69) is 26.1 Å². The summed E-state index contributed by atoms with van der Waals surface area (Å²) in [7, 11) is 0. The van der Waals surface area contributed by atoms with E-state index in [0.717, 1.165) is 18.9 Å². The Morgan fingerprint density at radius 1 is 1.44 bits per heavy atom. The van der Waals surface area contributed by atoms with Crippen LogP contribution in [-0.4, -0.2) is 18.5 Å². The molecule has 3 nitrogen and oxygen atoms in total. The summed E-state index contributed by atoms with van der Waals surface area (Å²) < 4.78 is 0. The largest absolute Gasteiger partial charge is 0.354 e. The highest BCUT2D eigenvalue weighted by atomic mass is 16.2. The molecule has 3 atom stereocenters. The van der Waals surface area contributed by atoms with Crippen molar-refractivity contribution in [3.8, 4) is 0 Å². The normalized spacial score (nSPS) is 27.1. The number of amides is 1. The Bertz CT molecular complexity index is 228. The van der Waals surface area contributed by atoms with Crippen LogP contribution in [0.25, 0.3) is 0 Å². The van der Waals surface area contributed by atoms with E-state index in [9.17, 15) is 4.79 Å². The molecule has 0 aromatic heterocycles. The molecule has 1 aliphatic carbocycles. The summed E-state index contributed by atoms with van der Waals surface area (Å²) in [4.78, 5) is 11.7. The average molecular weight is 226 g/mol. The smallest absolute Gasteiger partial charge is 0.236 e. The molecule has 3 N–H and O–H groups in total. The summed E-state index contributed by atoms with van der Waals surface area (Å²) in [6.45, 7) is 7.27. The third-order valence-electron chi connectivity index (χ3n) is 3.64. The number of nitrogens with one attached hydrogen (secondary N) is 1. The fourth-order valence-electron chi connectivity index (χ4n) is 2.50. The van der Waals surface area contributed by atoms with E-state index >= 15 is 0 Å². The molecule has 94 valence electrons. The van der Waals surface area contributed by atoms with Crippen LogP contribution in [0.5, 0.6) is 0 Å². The van der Waals surface area contributed by atoms with E-state index in [1.807, 2.05) is 0 Å². The fraction of sp³-hybridized carbons (Fsp3) is 0.923. The molecule has 1 saturated carbocycles. The van der Waals surface area contributed by atoms with Gasteiger partial charge in [-0.1, -0.05) is 33.6 Å². The number of hydrogen-bond acceptors (Lipinski definition) is 2. The van der Waals surface area contributed by atoms with Crippen LogP contribution >= 0.6 is 0 Å². The molecule has 0 bridgehead atoms. The third kappa shape index (κ3) is 4.12. The highest BCUT2D eigenvalue weighted by Gasteiger charge is 2.24. The van der Waals surface area contributed by atoms with E-state index in [0.29, 0.717) is 11.8 Å². The lowest BCUT2D eigenvalue weighted by Crippen LogP contribution is -2.43. The van der Waals surface area contributed by atoms with Crippen molar-refractivity contribution in [3.05, 3.63) is 0 Å². The Labute approximate surface area is 99.2 Å². The summed E-state index contributed by atoms with van der Waals surface area (Å²) in [5, 5.41) is 3.00. The zero-order chi connectivity index (χ0) is 12.1. The molecule has 0 spiro atoms. The molecule has 1 rings (SSSR count). The Morgan fingerprint density at radius 2 is 2.12 bits per heavy atom. The number of hydrogen-bond donors (Lipinski definition) is 2. The molecule has 1 fully saturated rings. The first kappa shape index (κ1) is 13.5. The van der Waals surface area contributed by atoms with Crippen LogP contribution in [0.1, 0.15) is 46.5 Å². The van der Waals surface area contributed by atoms with Gasteiger partial charge in [0, 0.05) is 6.54 Å². The van der Waals surface area contributed by atoms with Gasteiger partial charge in [-0.25, -0.2) is 0 Å². The molecular formula is C13H26N2O. The van der Waals surface area contributed by atoms with Gasteiger partial charge in [-0.05, 0) is 30.6 Å². The predicted molar refractivity (Wildman–Crippen MR) is 66.9 cm³/mol. The summed E-state index contributed by atoms with van der Waals surface area (Å²) in [5.41, 5.74) is 5.83. The van der Waals surface area contributed by atoms with Gasteiger partial charge in [-0.2, -0.15) is 0 Å². The Morgan fingerprint density at radius 3 is 2.62 bits per heavy atom. The maximum absolute atomic E-state index is 11.7. The van der Waals surface area contributed by atoms with E-state index in [1.54, 1.807) is 0 Å². The van der Waals surface area contributed by atoms with Crippen LogP contribution < -0.4 is 11.1 Å². The quantitative estimate of drug-likeness (QED) is 0.752. The minimum atomic E-state index is -0.336. The summed E-state index contributed by atoms with van der Waals surface area (Å²) in [5.74, 6) is 1.91. The van der Waals surface area contributed by atoms with Gasteiger partial charge in [0.25, 0.3) is 0 Å². The van der Waals surface area contributed by atoms with Gasteiger partial charge in [0.05, 0.1) is 6.04 Å². The molecule has 0 saturated heterocycles. The second-order valence-corrected chi connectivity index (χ2v) is 5.65. The van der Waals surface area contributed by atoms with E-state index in [-0.39, 0.29) is 11.9 Å². The van der Waals surface area contributed by atoms with E-state index in [4.69, 9.17) is 5.73 Å². The van der Waals surface area contributed by atoms with Crippen molar-refractivity contribution < 1.29 is 4.79 Å². The number of carbonyl (C=O) groups is 1. The van der Waals surface area contributed by atoms with E-state index < -0.39 is 0 Å². The van der Waals surface area contributed by atoms with Gasteiger partial charge >= 0.3 is 0 Å². The summed E-state index contributed by atoms with van der Waals surface area (Å²) in [6, 6.07) is -0.336. The van der Waals surface area contributed by atoms with Crippen molar-refractivity contribution in [2.45, 2.75) is 52.5 Å². The Hall–Kier alpha value is -0.570. The SMILES string of the molecule is CC(C)CC(N)C(=O)NCC1CCCC1C. The van der Waals surface area contributed by atoms with Gasteiger partial charge < -0.3 is 11.1 Å². The highest BCUT2D eigenvalue weighted by Crippen LogP contribution is 2.30. The maximum atomic E-state index is 11.7. The molecule has 1 aliphatic rings. The molecule has 0 aromatic rings. The zero-order valence-corrected chi connectivity index (χ0v) is 10.8. The first-order valence-electron chi connectivity index (χ1n) is 6.54. The predicted octanol–water partition coefficient (Wildman–Crippen LogP) is 1.91. The number of rotatable bonds is 5. The van der Waals surface area contributed by atoms with Crippen LogP contribution in [0.3, 0.4) is 0 Å². The average Bonchev–Trinajstić information content (AvgIpc) is 2.59. The minimum absolute atomic E-state index is 0.0211. The lowest BCUT2D eigenvalue weighted by molar-refractivity contribution is -0.122. The molecular weight excluding hydrogens is 200 g/mol. The maximum Gasteiger partial charge on any atom is 0.236 e. The van der Waals surface area contributed by atoms with Crippen LogP contribution in [-0.2, 0) is 4.79 Å².